The predicted octanol–water partition coefficient (Wildman–Crippen LogP) is 2.08. The molecule has 0 aliphatic carbocycles. The van der Waals surface area contributed by atoms with Gasteiger partial charge < -0.3 is 19.0 Å². The molecule has 7 heteroatoms. The molecule has 22 heavy (non-hydrogen) atoms. The van der Waals surface area contributed by atoms with Crippen molar-refractivity contribution in [3.8, 4) is 0 Å². The van der Waals surface area contributed by atoms with Crippen LogP contribution in [0.4, 0.5) is 6.01 Å². The number of rotatable bonds is 4. The first kappa shape index (κ1) is 14.4. The Labute approximate surface area is 127 Å². The molecule has 7 nitrogen and oxygen atoms in total. The van der Waals surface area contributed by atoms with Crippen molar-refractivity contribution in [2.75, 3.05) is 18.1 Å². The fourth-order valence-electron chi connectivity index (χ4n) is 2.63. The first-order valence-electron chi connectivity index (χ1n) is 7.18. The number of aromatic nitrogens is 2. The highest BCUT2D eigenvalue weighted by Crippen LogP contribution is 2.27. The topological polar surface area (TPSA) is 88.4 Å². The van der Waals surface area contributed by atoms with E-state index in [0.29, 0.717) is 41.7 Å². The number of ether oxygens (including phenoxy) is 1. The summed E-state index contributed by atoms with van der Waals surface area (Å²) in [7, 11) is 0. The highest BCUT2D eigenvalue weighted by atomic mass is 16.5. The van der Waals surface area contributed by atoms with Crippen LogP contribution in [0.2, 0.25) is 0 Å². The standard InChI is InChI=1S/C15H17N3O4/c1-3-5-21-14(20)13-9(2)12-10(17-13)7-18(8-11(12)19)15-16-4-6-22-15/h4,6,17H,3,5,7-8H2,1-2H3. The quantitative estimate of drug-likeness (QED) is 0.870. The molecule has 0 aromatic carbocycles. The largest absolute Gasteiger partial charge is 0.461 e. The Balaban J connectivity index is 1.90. The number of nitrogens with zero attached hydrogens (tertiary/aromatic N) is 2. The average molecular weight is 303 g/mol. The van der Waals surface area contributed by atoms with Gasteiger partial charge in [-0.25, -0.2) is 9.78 Å². The van der Waals surface area contributed by atoms with Gasteiger partial charge in [-0.2, -0.15) is 0 Å². The summed E-state index contributed by atoms with van der Waals surface area (Å²) in [5, 5.41) is 0. The molecule has 0 radical (unpaired) electrons. The number of H-pyrrole nitrogens is 1. The summed E-state index contributed by atoms with van der Waals surface area (Å²) in [6.07, 6.45) is 3.74. The lowest BCUT2D eigenvalue weighted by Crippen LogP contribution is -2.35. The molecule has 2 aromatic rings. The molecule has 0 spiro atoms. The van der Waals surface area contributed by atoms with Crippen LogP contribution in [0.3, 0.4) is 0 Å². The average Bonchev–Trinajstić information content (AvgIpc) is 3.13. The number of aromatic amines is 1. The number of ketones is 1. The zero-order chi connectivity index (χ0) is 15.7. The molecule has 0 saturated heterocycles. The van der Waals surface area contributed by atoms with Gasteiger partial charge >= 0.3 is 5.97 Å². The number of carbonyl (C=O) groups excluding carboxylic acids is 2. The first-order chi connectivity index (χ1) is 10.6. The van der Waals surface area contributed by atoms with E-state index in [1.165, 1.54) is 12.5 Å². The molecule has 116 valence electrons. The number of nitrogens with one attached hydrogen (secondary N) is 1. The van der Waals surface area contributed by atoms with Crippen molar-refractivity contribution in [1.82, 2.24) is 9.97 Å². The molecule has 1 aliphatic rings. The number of Topliss-reactive ketones (excluding diaryl/α,β-unsaturated/α-hetero) is 1. The van der Waals surface area contributed by atoms with E-state index in [2.05, 4.69) is 9.97 Å². The van der Waals surface area contributed by atoms with Crippen molar-refractivity contribution in [1.29, 1.82) is 0 Å². The molecule has 0 saturated carbocycles. The first-order valence-corrected chi connectivity index (χ1v) is 7.18. The Morgan fingerprint density at radius 3 is 3.00 bits per heavy atom. The Hall–Kier alpha value is -2.57. The summed E-state index contributed by atoms with van der Waals surface area (Å²) in [6, 6.07) is 0.390. The summed E-state index contributed by atoms with van der Waals surface area (Å²) < 4.78 is 10.4. The summed E-state index contributed by atoms with van der Waals surface area (Å²) in [5.74, 6) is -0.494. The van der Waals surface area contributed by atoms with Gasteiger partial charge in [0.2, 0.25) is 0 Å². The minimum atomic E-state index is -0.427. The van der Waals surface area contributed by atoms with Gasteiger partial charge in [-0.05, 0) is 18.9 Å². The summed E-state index contributed by atoms with van der Waals surface area (Å²) >= 11 is 0. The Morgan fingerprint density at radius 1 is 1.50 bits per heavy atom. The second-order valence-electron chi connectivity index (χ2n) is 5.21. The van der Waals surface area contributed by atoms with E-state index in [1.807, 2.05) is 6.92 Å². The lowest BCUT2D eigenvalue weighted by molar-refractivity contribution is 0.0498. The minimum Gasteiger partial charge on any atom is -0.461 e. The molecular weight excluding hydrogens is 286 g/mol. The predicted molar refractivity (Wildman–Crippen MR) is 78.0 cm³/mol. The van der Waals surface area contributed by atoms with Crippen LogP contribution >= 0.6 is 0 Å². The van der Waals surface area contributed by atoms with Crippen LogP contribution in [0.1, 0.15) is 45.4 Å². The highest BCUT2D eigenvalue weighted by Gasteiger charge is 2.31. The van der Waals surface area contributed by atoms with Gasteiger partial charge in [0, 0.05) is 11.3 Å². The van der Waals surface area contributed by atoms with Crippen molar-refractivity contribution in [2.45, 2.75) is 26.8 Å². The third-order valence-electron chi connectivity index (χ3n) is 3.62. The maximum atomic E-state index is 12.4. The molecule has 1 N–H and O–H groups in total. The van der Waals surface area contributed by atoms with Crippen LogP contribution in [0.25, 0.3) is 0 Å². The van der Waals surface area contributed by atoms with Gasteiger partial charge in [-0.1, -0.05) is 6.92 Å². The third-order valence-corrected chi connectivity index (χ3v) is 3.62. The number of esters is 1. The normalized spacial score (nSPS) is 14.1. The smallest absolute Gasteiger partial charge is 0.355 e. The van der Waals surface area contributed by atoms with E-state index in [-0.39, 0.29) is 12.3 Å². The Bertz CT molecular complexity index is 703. The van der Waals surface area contributed by atoms with Crippen molar-refractivity contribution in [3.63, 3.8) is 0 Å². The second kappa shape index (κ2) is 5.67. The van der Waals surface area contributed by atoms with Crippen molar-refractivity contribution < 1.29 is 18.7 Å². The summed E-state index contributed by atoms with van der Waals surface area (Å²) in [5.41, 5.74) is 2.26. The van der Waals surface area contributed by atoms with Gasteiger partial charge in [0.25, 0.3) is 6.01 Å². The second-order valence-corrected chi connectivity index (χ2v) is 5.21. The molecule has 0 fully saturated rings. The van der Waals surface area contributed by atoms with Crippen LogP contribution in [-0.4, -0.2) is 34.9 Å². The van der Waals surface area contributed by atoms with Crippen LogP contribution in [-0.2, 0) is 11.3 Å². The van der Waals surface area contributed by atoms with Crippen molar-refractivity contribution in [3.05, 3.63) is 35.0 Å². The number of hydrogen-bond acceptors (Lipinski definition) is 6. The highest BCUT2D eigenvalue weighted by molar-refractivity contribution is 6.05. The van der Waals surface area contributed by atoms with Gasteiger partial charge in [-0.3, -0.25) is 4.79 Å². The fraction of sp³-hybridized carbons (Fsp3) is 0.400. The summed E-state index contributed by atoms with van der Waals surface area (Å²) in [6.45, 7) is 4.66. The molecule has 1 aliphatic heterocycles. The number of oxazole rings is 1. The van der Waals surface area contributed by atoms with E-state index < -0.39 is 5.97 Å². The van der Waals surface area contributed by atoms with E-state index >= 15 is 0 Å². The molecular formula is C15H17N3O4. The maximum absolute atomic E-state index is 12.4. The van der Waals surface area contributed by atoms with Crippen molar-refractivity contribution >= 4 is 17.8 Å². The van der Waals surface area contributed by atoms with Crippen molar-refractivity contribution in [2.24, 2.45) is 0 Å². The third kappa shape index (κ3) is 2.38. The SMILES string of the molecule is CCCOC(=O)c1[nH]c2c(c1C)C(=O)CN(c1ncco1)C2. The number of fused-ring (bicyclic) bond motifs is 1. The lowest BCUT2D eigenvalue weighted by atomic mass is 10.0. The maximum Gasteiger partial charge on any atom is 0.355 e. The Kier molecular flexibility index (Phi) is 3.70. The molecule has 3 rings (SSSR count). The van der Waals surface area contributed by atoms with Gasteiger partial charge in [0.1, 0.15) is 12.0 Å². The van der Waals surface area contributed by atoms with Crippen LogP contribution in [0.5, 0.6) is 0 Å². The number of anilines is 1. The molecule has 0 bridgehead atoms. The lowest BCUT2D eigenvalue weighted by Gasteiger charge is -2.24. The zero-order valence-electron chi connectivity index (χ0n) is 12.5. The van der Waals surface area contributed by atoms with Crippen LogP contribution < -0.4 is 4.90 Å². The van der Waals surface area contributed by atoms with Crippen LogP contribution in [0.15, 0.2) is 16.9 Å². The summed E-state index contributed by atoms with van der Waals surface area (Å²) in [4.78, 5) is 33.2. The fourth-order valence-corrected chi connectivity index (χ4v) is 2.63. The molecule has 0 amide bonds. The molecule has 0 atom stereocenters. The van der Waals surface area contributed by atoms with E-state index in [0.717, 1.165) is 6.42 Å². The van der Waals surface area contributed by atoms with E-state index in [1.54, 1.807) is 11.8 Å². The van der Waals surface area contributed by atoms with E-state index in [4.69, 9.17) is 9.15 Å². The van der Waals surface area contributed by atoms with Gasteiger partial charge in [0.15, 0.2) is 5.78 Å². The van der Waals surface area contributed by atoms with Gasteiger partial charge in [-0.15, -0.1) is 0 Å². The van der Waals surface area contributed by atoms with Crippen LogP contribution in [0, 0.1) is 6.92 Å². The minimum absolute atomic E-state index is 0.0669. The zero-order valence-corrected chi connectivity index (χ0v) is 12.5. The van der Waals surface area contributed by atoms with Gasteiger partial charge in [0.05, 0.1) is 25.9 Å². The monoisotopic (exact) mass is 303 g/mol. The molecule has 2 aromatic heterocycles. The number of hydrogen-bond donors (Lipinski definition) is 1. The van der Waals surface area contributed by atoms with E-state index in [9.17, 15) is 9.59 Å². The number of carbonyl (C=O) groups is 2. The Morgan fingerprint density at radius 2 is 2.32 bits per heavy atom. The molecule has 0 unspecified atom stereocenters. The molecule has 3 heterocycles.